The van der Waals surface area contributed by atoms with Gasteiger partial charge in [-0.05, 0) is 36.5 Å². The molecule has 84 valence electrons. The van der Waals surface area contributed by atoms with Crippen LogP contribution < -0.4 is 0 Å². The van der Waals surface area contributed by atoms with Gasteiger partial charge in [-0.2, -0.15) is 0 Å². The number of fused-ring (bicyclic) bond motifs is 2. The molecule has 0 N–H and O–H groups in total. The molecule has 1 saturated heterocycles. The van der Waals surface area contributed by atoms with E-state index in [2.05, 4.69) is 29.2 Å². The lowest BCUT2D eigenvalue weighted by atomic mass is 9.87. The second-order valence-corrected chi connectivity index (χ2v) is 5.22. The molecule has 0 aliphatic carbocycles. The summed E-state index contributed by atoms with van der Waals surface area (Å²) in [6, 6.07) is 8.95. The maximum absolute atomic E-state index is 5.93. The Hall–Kier alpha value is -0.790. The monoisotopic (exact) mass is 233 g/mol. The first-order valence-electron chi connectivity index (χ1n) is 5.99. The van der Waals surface area contributed by atoms with Gasteiger partial charge in [0.15, 0.2) is 0 Å². The molecule has 2 aliphatic rings. The van der Waals surface area contributed by atoms with Crippen molar-refractivity contribution in [2.24, 2.45) is 5.92 Å². The Bertz CT molecular complexity index is 396. The quantitative estimate of drug-likeness (QED) is 0.670. The van der Waals surface area contributed by atoms with E-state index < -0.39 is 0 Å². The highest BCUT2D eigenvalue weighted by atomic mass is 35.5. The molecular formula is C14H16ClN. The third-order valence-corrected chi connectivity index (χ3v) is 3.98. The van der Waals surface area contributed by atoms with Gasteiger partial charge in [-0.1, -0.05) is 35.9 Å². The van der Waals surface area contributed by atoms with Crippen LogP contribution in [-0.4, -0.2) is 18.0 Å². The topological polar surface area (TPSA) is 3.24 Å². The molecule has 2 bridgehead atoms. The van der Waals surface area contributed by atoms with Gasteiger partial charge in [0, 0.05) is 24.2 Å². The summed E-state index contributed by atoms with van der Waals surface area (Å²) in [5.41, 5.74) is 1.41. The van der Waals surface area contributed by atoms with Crippen LogP contribution in [0.15, 0.2) is 36.4 Å². The number of hydrogen-bond acceptors (Lipinski definition) is 1. The molecule has 3 unspecified atom stereocenters. The molecular weight excluding hydrogens is 218 g/mol. The van der Waals surface area contributed by atoms with Crippen LogP contribution in [0.25, 0.3) is 0 Å². The average Bonchev–Trinajstić information content (AvgIpc) is 2.31. The van der Waals surface area contributed by atoms with Crippen molar-refractivity contribution in [2.75, 3.05) is 13.1 Å². The maximum atomic E-state index is 5.93. The summed E-state index contributed by atoms with van der Waals surface area (Å²) >= 11 is 5.93. The summed E-state index contributed by atoms with van der Waals surface area (Å²) in [4.78, 5) is 2.58. The lowest BCUT2D eigenvalue weighted by molar-refractivity contribution is 0.129. The van der Waals surface area contributed by atoms with Crippen molar-refractivity contribution in [3.63, 3.8) is 0 Å². The summed E-state index contributed by atoms with van der Waals surface area (Å²) in [6.07, 6.45) is 7.29. The Morgan fingerprint density at radius 2 is 1.94 bits per heavy atom. The second-order valence-electron chi connectivity index (χ2n) is 4.79. The summed E-state index contributed by atoms with van der Waals surface area (Å²) in [5.74, 6) is 0.789. The summed E-state index contributed by atoms with van der Waals surface area (Å²) in [6.45, 7) is 2.33. The molecule has 3 atom stereocenters. The van der Waals surface area contributed by atoms with E-state index in [9.17, 15) is 0 Å². The van der Waals surface area contributed by atoms with Crippen LogP contribution in [0, 0.1) is 5.92 Å². The number of halogens is 1. The zero-order valence-corrected chi connectivity index (χ0v) is 10.0. The molecule has 3 rings (SSSR count). The van der Waals surface area contributed by atoms with Crippen LogP contribution in [0.4, 0.5) is 0 Å². The van der Waals surface area contributed by atoms with Gasteiger partial charge in [-0.25, -0.2) is 0 Å². The van der Waals surface area contributed by atoms with E-state index >= 15 is 0 Å². The average molecular weight is 234 g/mol. The van der Waals surface area contributed by atoms with Gasteiger partial charge >= 0.3 is 0 Å². The highest BCUT2D eigenvalue weighted by Crippen LogP contribution is 2.35. The number of hydrogen-bond donors (Lipinski definition) is 0. The Labute approximate surface area is 102 Å². The van der Waals surface area contributed by atoms with Gasteiger partial charge in [0.1, 0.15) is 0 Å². The predicted octanol–water partition coefficient (Wildman–Crippen LogP) is 3.66. The fourth-order valence-corrected chi connectivity index (χ4v) is 3.01. The first-order valence-corrected chi connectivity index (χ1v) is 6.37. The Kier molecular flexibility index (Phi) is 2.74. The maximum Gasteiger partial charge on any atom is 0.0406 e. The number of rotatable bonds is 1. The minimum atomic E-state index is 0.596. The van der Waals surface area contributed by atoms with Gasteiger partial charge in [-0.15, -0.1) is 0 Å². The molecule has 1 aromatic carbocycles. The number of nitrogens with zero attached hydrogens (tertiary/aromatic N) is 1. The number of benzene rings is 1. The van der Waals surface area contributed by atoms with E-state index in [1.165, 1.54) is 24.9 Å². The zero-order valence-electron chi connectivity index (χ0n) is 9.27. The number of piperidine rings is 1. The van der Waals surface area contributed by atoms with E-state index in [-0.39, 0.29) is 0 Å². The molecule has 2 heteroatoms. The molecule has 2 heterocycles. The third kappa shape index (κ3) is 1.90. The van der Waals surface area contributed by atoms with Crippen molar-refractivity contribution >= 4 is 11.6 Å². The zero-order chi connectivity index (χ0) is 11.0. The normalized spacial score (nSPS) is 32.7. The van der Waals surface area contributed by atoms with Crippen molar-refractivity contribution in [2.45, 2.75) is 18.9 Å². The third-order valence-electron chi connectivity index (χ3n) is 3.72. The summed E-state index contributed by atoms with van der Waals surface area (Å²) < 4.78 is 0. The van der Waals surface area contributed by atoms with Gasteiger partial charge in [-0.3, -0.25) is 4.90 Å². The van der Waals surface area contributed by atoms with E-state index in [0.717, 1.165) is 17.5 Å². The fraction of sp³-hybridized carbons (Fsp3) is 0.429. The molecule has 1 nitrogen and oxygen atoms in total. The van der Waals surface area contributed by atoms with Gasteiger partial charge in [0.05, 0.1) is 0 Å². The molecule has 1 fully saturated rings. The summed E-state index contributed by atoms with van der Waals surface area (Å²) in [5, 5.41) is 0.830. The molecule has 1 aromatic rings. The highest BCUT2D eigenvalue weighted by Gasteiger charge is 2.29. The molecule has 0 radical (unpaired) electrons. The van der Waals surface area contributed by atoms with Crippen molar-refractivity contribution < 1.29 is 0 Å². The Morgan fingerprint density at radius 1 is 1.12 bits per heavy atom. The van der Waals surface area contributed by atoms with Crippen LogP contribution in [0.1, 0.15) is 24.4 Å². The standard InChI is InChI=1S/C14H16ClN/c15-13-6-4-12(5-7-13)14-8-3-11-2-1-9-16(14)10-11/h1-2,4-7,11,14H,3,8-10H2. The molecule has 0 aromatic heterocycles. The lowest BCUT2D eigenvalue weighted by Gasteiger charge is -2.41. The fourth-order valence-electron chi connectivity index (χ4n) is 2.88. The van der Waals surface area contributed by atoms with Crippen molar-refractivity contribution in [1.82, 2.24) is 4.90 Å². The predicted molar refractivity (Wildman–Crippen MR) is 67.6 cm³/mol. The highest BCUT2D eigenvalue weighted by molar-refractivity contribution is 6.30. The van der Waals surface area contributed by atoms with Crippen LogP contribution in [0.2, 0.25) is 5.02 Å². The SMILES string of the molecule is Clc1ccc(C2CCC3C=CCN2C3)cc1. The van der Waals surface area contributed by atoms with E-state index in [0.29, 0.717) is 6.04 Å². The van der Waals surface area contributed by atoms with Gasteiger partial charge < -0.3 is 0 Å². The van der Waals surface area contributed by atoms with Crippen LogP contribution in [-0.2, 0) is 0 Å². The molecule has 0 spiro atoms. The first-order chi connectivity index (χ1) is 7.83. The largest absolute Gasteiger partial charge is 0.292 e. The molecule has 2 aliphatic heterocycles. The molecule has 0 amide bonds. The Balaban J connectivity index is 1.84. The van der Waals surface area contributed by atoms with E-state index in [4.69, 9.17) is 11.6 Å². The Morgan fingerprint density at radius 3 is 2.75 bits per heavy atom. The minimum absolute atomic E-state index is 0.596. The van der Waals surface area contributed by atoms with Gasteiger partial charge in [0.25, 0.3) is 0 Å². The first kappa shape index (κ1) is 10.4. The van der Waals surface area contributed by atoms with E-state index in [1.807, 2.05) is 12.1 Å². The minimum Gasteiger partial charge on any atom is -0.292 e. The van der Waals surface area contributed by atoms with Crippen molar-refractivity contribution in [3.05, 3.63) is 47.0 Å². The van der Waals surface area contributed by atoms with Crippen LogP contribution in [0.5, 0.6) is 0 Å². The van der Waals surface area contributed by atoms with Crippen LogP contribution in [0.3, 0.4) is 0 Å². The smallest absolute Gasteiger partial charge is 0.0406 e. The molecule has 16 heavy (non-hydrogen) atoms. The van der Waals surface area contributed by atoms with Crippen molar-refractivity contribution in [3.8, 4) is 0 Å². The molecule has 0 saturated carbocycles. The lowest BCUT2D eigenvalue weighted by Crippen LogP contribution is -2.40. The van der Waals surface area contributed by atoms with Crippen LogP contribution >= 0.6 is 11.6 Å². The van der Waals surface area contributed by atoms with Gasteiger partial charge in [0.2, 0.25) is 0 Å². The van der Waals surface area contributed by atoms with Crippen molar-refractivity contribution in [1.29, 1.82) is 0 Å². The summed E-state index contributed by atoms with van der Waals surface area (Å²) in [7, 11) is 0. The second kappa shape index (κ2) is 4.23. The van der Waals surface area contributed by atoms with E-state index in [1.54, 1.807) is 0 Å².